The number of fused-ring (bicyclic) bond motifs is 1. The van der Waals surface area contributed by atoms with Crippen LogP contribution in [0.2, 0.25) is 0 Å². The van der Waals surface area contributed by atoms with Crippen LogP contribution in [0.3, 0.4) is 0 Å². The van der Waals surface area contributed by atoms with Crippen LogP contribution >= 0.6 is 47.8 Å². The number of nitrogens with zero attached hydrogens (tertiary/aromatic N) is 4. The number of nitro benzene ring substituents is 1. The third-order valence-corrected chi connectivity index (χ3v) is 8.35. The molecule has 0 bridgehead atoms. The molecular weight excluding hydrogens is 696 g/mol. The zero-order valence-electron chi connectivity index (χ0n) is 20.6. The topological polar surface area (TPSA) is 99.6 Å². The van der Waals surface area contributed by atoms with Gasteiger partial charge in [-0.1, -0.05) is 35.2 Å². The Labute approximate surface area is 249 Å². The number of rotatable bonds is 7. The predicted molar refractivity (Wildman–Crippen MR) is 162 cm³/mol. The molecule has 5 rings (SSSR count). The summed E-state index contributed by atoms with van der Waals surface area (Å²) in [5.41, 5.74) is 2.07. The third kappa shape index (κ3) is 6.31. The first-order chi connectivity index (χ1) is 18.8. The van der Waals surface area contributed by atoms with Crippen LogP contribution in [0.1, 0.15) is 55.0 Å². The fourth-order valence-electron chi connectivity index (χ4n) is 4.69. The first-order valence-electron chi connectivity index (χ1n) is 12.4. The van der Waals surface area contributed by atoms with Gasteiger partial charge in [-0.2, -0.15) is 9.78 Å². The van der Waals surface area contributed by atoms with E-state index < -0.39 is 4.92 Å². The lowest BCUT2D eigenvalue weighted by Gasteiger charge is -2.22. The molecule has 3 aromatic carbocycles. The molecule has 0 aliphatic heterocycles. The van der Waals surface area contributed by atoms with Gasteiger partial charge in [-0.25, -0.2) is 4.98 Å². The standard InChI is InChI=1S/C28H23Br3N4O4/c29-20-8-11-25-22(14-20)28(36)34(27(33-25)19-4-2-1-3-5-19)32-15-18-12-23(30)26(24(31)13-18)39-16-17-6-9-21(10-7-17)35(37)38/h6-15,19H,1-5,16H2. The smallest absolute Gasteiger partial charge is 0.282 e. The average molecular weight is 719 g/mol. The molecule has 1 saturated carbocycles. The van der Waals surface area contributed by atoms with Gasteiger partial charge in [0.2, 0.25) is 0 Å². The van der Waals surface area contributed by atoms with Gasteiger partial charge < -0.3 is 4.74 Å². The molecule has 1 aliphatic rings. The summed E-state index contributed by atoms with van der Waals surface area (Å²) in [5.74, 6) is 1.47. The van der Waals surface area contributed by atoms with Crippen molar-refractivity contribution >= 4 is 70.6 Å². The molecule has 1 heterocycles. The van der Waals surface area contributed by atoms with Crippen LogP contribution in [0.15, 0.2) is 77.9 Å². The second kappa shape index (κ2) is 12.1. The number of aromatic nitrogens is 2. The van der Waals surface area contributed by atoms with E-state index >= 15 is 0 Å². The fraction of sp³-hybridized carbons (Fsp3) is 0.250. The highest BCUT2D eigenvalue weighted by Gasteiger charge is 2.22. The second-order valence-electron chi connectivity index (χ2n) is 9.35. The summed E-state index contributed by atoms with van der Waals surface area (Å²) in [6, 6.07) is 15.5. The van der Waals surface area contributed by atoms with Crippen LogP contribution in [0, 0.1) is 10.1 Å². The largest absolute Gasteiger partial charge is 0.487 e. The minimum absolute atomic E-state index is 0.0322. The maximum Gasteiger partial charge on any atom is 0.282 e. The molecule has 39 heavy (non-hydrogen) atoms. The molecule has 1 aliphatic carbocycles. The Morgan fingerprint density at radius 1 is 1.03 bits per heavy atom. The van der Waals surface area contributed by atoms with E-state index in [2.05, 4.69) is 52.9 Å². The number of hydrogen-bond donors (Lipinski definition) is 0. The lowest BCUT2D eigenvalue weighted by molar-refractivity contribution is -0.384. The van der Waals surface area contributed by atoms with Gasteiger partial charge in [0, 0.05) is 22.5 Å². The molecule has 8 nitrogen and oxygen atoms in total. The van der Waals surface area contributed by atoms with E-state index in [1.807, 2.05) is 24.3 Å². The van der Waals surface area contributed by atoms with Crippen LogP contribution in [0.5, 0.6) is 5.75 Å². The first kappa shape index (κ1) is 27.7. The fourth-order valence-corrected chi connectivity index (χ4v) is 6.50. The van der Waals surface area contributed by atoms with Crippen molar-refractivity contribution in [3.63, 3.8) is 0 Å². The Balaban J connectivity index is 1.43. The predicted octanol–water partition coefficient (Wildman–Crippen LogP) is 8.10. The lowest BCUT2D eigenvalue weighted by atomic mass is 9.88. The van der Waals surface area contributed by atoms with Crippen molar-refractivity contribution < 1.29 is 9.66 Å². The SMILES string of the molecule is O=c1c2cc(Br)ccc2nc(C2CCCCC2)n1N=Cc1cc(Br)c(OCc2ccc([N+](=O)[O-])cc2)c(Br)c1. The van der Waals surface area contributed by atoms with Crippen molar-refractivity contribution in [3.05, 3.63) is 105 Å². The van der Waals surface area contributed by atoms with Crippen molar-refractivity contribution in [2.45, 2.75) is 44.6 Å². The van der Waals surface area contributed by atoms with Gasteiger partial charge in [0.05, 0.1) is 31.0 Å². The van der Waals surface area contributed by atoms with Gasteiger partial charge in [0.1, 0.15) is 18.2 Å². The van der Waals surface area contributed by atoms with E-state index in [4.69, 9.17) is 9.72 Å². The quantitative estimate of drug-likeness (QED) is 0.109. The van der Waals surface area contributed by atoms with Gasteiger partial charge in [-0.05, 0) is 98.3 Å². The summed E-state index contributed by atoms with van der Waals surface area (Å²) < 4.78 is 9.62. The zero-order valence-corrected chi connectivity index (χ0v) is 25.4. The Bertz CT molecular complexity index is 1610. The molecule has 0 N–H and O–H groups in total. The molecule has 0 saturated heterocycles. The maximum absolute atomic E-state index is 13.5. The van der Waals surface area contributed by atoms with Crippen molar-refractivity contribution in [3.8, 4) is 5.75 Å². The lowest BCUT2D eigenvalue weighted by Crippen LogP contribution is -2.25. The number of ether oxygens (including phenoxy) is 1. The molecular formula is C28H23Br3N4O4. The number of benzene rings is 3. The molecule has 0 amide bonds. The van der Waals surface area contributed by atoms with Crippen molar-refractivity contribution in [2.75, 3.05) is 0 Å². The summed E-state index contributed by atoms with van der Waals surface area (Å²) in [4.78, 5) is 28.9. The van der Waals surface area contributed by atoms with Crippen LogP contribution < -0.4 is 10.3 Å². The molecule has 0 unspecified atom stereocenters. The highest BCUT2D eigenvalue weighted by molar-refractivity contribution is 9.11. The minimum Gasteiger partial charge on any atom is -0.487 e. The molecule has 0 radical (unpaired) electrons. The Kier molecular flexibility index (Phi) is 8.58. The summed E-state index contributed by atoms with van der Waals surface area (Å²) in [7, 11) is 0. The van der Waals surface area contributed by atoms with Crippen LogP contribution in [-0.2, 0) is 6.61 Å². The van der Waals surface area contributed by atoms with E-state index in [9.17, 15) is 14.9 Å². The third-order valence-electron chi connectivity index (χ3n) is 6.68. The highest BCUT2D eigenvalue weighted by atomic mass is 79.9. The summed E-state index contributed by atoms with van der Waals surface area (Å²) >= 11 is 10.6. The molecule has 1 fully saturated rings. The summed E-state index contributed by atoms with van der Waals surface area (Å²) in [5, 5.41) is 16.0. The highest BCUT2D eigenvalue weighted by Crippen LogP contribution is 2.35. The van der Waals surface area contributed by atoms with E-state index in [0.717, 1.165) is 41.3 Å². The number of nitro groups is 1. The number of halogens is 3. The zero-order chi connectivity index (χ0) is 27.5. The molecule has 1 aromatic heterocycles. The van der Waals surface area contributed by atoms with Gasteiger partial charge in [-0.15, -0.1) is 0 Å². The van der Waals surface area contributed by atoms with Crippen LogP contribution in [0.25, 0.3) is 10.9 Å². The molecule has 0 atom stereocenters. The Hall–Kier alpha value is -2.89. The molecule has 4 aromatic rings. The van der Waals surface area contributed by atoms with Gasteiger partial charge in [0.25, 0.3) is 11.2 Å². The van der Waals surface area contributed by atoms with Crippen molar-refractivity contribution in [1.29, 1.82) is 0 Å². The first-order valence-corrected chi connectivity index (χ1v) is 14.8. The summed E-state index contributed by atoms with van der Waals surface area (Å²) in [6.45, 7) is 0.237. The summed E-state index contributed by atoms with van der Waals surface area (Å²) in [6.07, 6.45) is 7.05. The monoisotopic (exact) mass is 716 g/mol. The van der Waals surface area contributed by atoms with E-state index in [-0.39, 0.29) is 23.8 Å². The molecule has 200 valence electrons. The van der Waals surface area contributed by atoms with Gasteiger partial charge >= 0.3 is 0 Å². The maximum atomic E-state index is 13.5. The Morgan fingerprint density at radius 2 is 1.72 bits per heavy atom. The van der Waals surface area contributed by atoms with Crippen LogP contribution in [0.4, 0.5) is 5.69 Å². The Morgan fingerprint density at radius 3 is 2.38 bits per heavy atom. The van der Waals surface area contributed by atoms with E-state index in [1.54, 1.807) is 24.4 Å². The number of hydrogen-bond acceptors (Lipinski definition) is 6. The molecule has 0 spiro atoms. The normalized spacial score (nSPS) is 14.2. The van der Waals surface area contributed by atoms with Gasteiger partial charge in [0.15, 0.2) is 0 Å². The molecule has 11 heteroatoms. The van der Waals surface area contributed by atoms with E-state index in [1.165, 1.54) is 23.2 Å². The van der Waals surface area contributed by atoms with Crippen molar-refractivity contribution in [1.82, 2.24) is 9.66 Å². The minimum atomic E-state index is -0.433. The van der Waals surface area contributed by atoms with E-state index in [0.29, 0.717) is 31.4 Å². The number of non-ortho nitro benzene ring substituents is 1. The average Bonchev–Trinajstić information content (AvgIpc) is 2.93. The van der Waals surface area contributed by atoms with Crippen LogP contribution in [-0.4, -0.2) is 20.8 Å². The van der Waals surface area contributed by atoms with Gasteiger partial charge in [-0.3, -0.25) is 14.9 Å². The second-order valence-corrected chi connectivity index (χ2v) is 12.0. The van der Waals surface area contributed by atoms with Crippen molar-refractivity contribution in [2.24, 2.45) is 5.10 Å².